The Morgan fingerprint density at radius 3 is 2.67 bits per heavy atom. The van der Waals surface area contributed by atoms with Gasteiger partial charge in [-0.3, -0.25) is 0 Å². The van der Waals surface area contributed by atoms with Gasteiger partial charge in [-0.15, -0.1) is 0 Å². The number of hydrogen-bond donors (Lipinski definition) is 1. The quantitative estimate of drug-likeness (QED) is 0.783. The van der Waals surface area contributed by atoms with E-state index in [0.717, 1.165) is 10.0 Å². The van der Waals surface area contributed by atoms with Crippen LogP contribution >= 0.6 is 15.9 Å². The maximum absolute atomic E-state index is 13.1. The molecule has 0 bridgehead atoms. The van der Waals surface area contributed by atoms with Gasteiger partial charge >= 0.3 is 0 Å². The molecule has 0 aromatic heterocycles. The van der Waals surface area contributed by atoms with Crippen LogP contribution in [0.15, 0.2) is 22.7 Å². The van der Waals surface area contributed by atoms with Crippen LogP contribution in [0.5, 0.6) is 0 Å². The fourth-order valence-corrected chi connectivity index (χ4v) is 1.47. The maximum atomic E-state index is 13.1. The van der Waals surface area contributed by atoms with Crippen molar-refractivity contribution in [2.45, 2.75) is 6.54 Å². The van der Waals surface area contributed by atoms with Crippen molar-refractivity contribution >= 4 is 15.9 Å². The first kappa shape index (κ1) is 9.68. The summed E-state index contributed by atoms with van der Waals surface area (Å²) in [4.78, 5) is 1.21. The minimum Gasteiger partial charge on any atom is -0.336 e. The lowest BCUT2D eigenvalue weighted by Gasteiger charge is -2.07. The second kappa shape index (κ2) is 4.01. The molecule has 0 unspecified atom stereocenters. The van der Waals surface area contributed by atoms with Crippen LogP contribution < -0.4 is 4.90 Å². The average Bonchev–Trinajstić information content (AvgIpc) is 1.96. The highest BCUT2D eigenvalue weighted by atomic mass is 79.9. The molecule has 0 aliphatic carbocycles. The molecule has 0 radical (unpaired) electrons. The van der Waals surface area contributed by atoms with Crippen LogP contribution in [0.4, 0.5) is 4.39 Å². The molecule has 0 spiro atoms. The van der Waals surface area contributed by atoms with E-state index in [2.05, 4.69) is 15.9 Å². The third-order valence-electron chi connectivity index (χ3n) is 1.55. The van der Waals surface area contributed by atoms with E-state index in [9.17, 15) is 4.39 Å². The zero-order chi connectivity index (χ0) is 9.14. The minimum atomic E-state index is -0.126. The van der Waals surface area contributed by atoms with Gasteiger partial charge in [0, 0.05) is 10.0 Å². The van der Waals surface area contributed by atoms with Crippen molar-refractivity contribution in [3.63, 3.8) is 0 Å². The highest BCUT2D eigenvalue weighted by Crippen LogP contribution is 2.14. The van der Waals surface area contributed by atoms with Gasteiger partial charge in [-0.25, -0.2) is 4.39 Å². The molecule has 0 saturated heterocycles. The van der Waals surface area contributed by atoms with Gasteiger partial charge in [0.2, 0.25) is 0 Å². The van der Waals surface area contributed by atoms with Crippen LogP contribution in [0.3, 0.4) is 0 Å². The number of quaternary nitrogens is 1. The van der Waals surface area contributed by atoms with Crippen LogP contribution in [-0.4, -0.2) is 14.1 Å². The third-order valence-corrected chi connectivity index (χ3v) is 2.05. The highest BCUT2D eigenvalue weighted by molar-refractivity contribution is 9.10. The van der Waals surface area contributed by atoms with Gasteiger partial charge in [0.1, 0.15) is 12.4 Å². The molecule has 0 aliphatic rings. The van der Waals surface area contributed by atoms with E-state index < -0.39 is 0 Å². The van der Waals surface area contributed by atoms with Crippen LogP contribution in [-0.2, 0) is 6.54 Å². The average molecular weight is 233 g/mol. The van der Waals surface area contributed by atoms with E-state index in [-0.39, 0.29) is 5.82 Å². The Kier molecular flexibility index (Phi) is 3.23. The molecule has 3 heteroatoms. The molecular weight excluding hydrogens is 221 g/mol. The number of benzene rings is 1. The van der Waals surface area contributed by atoms with E-state index in [0.29, 0.717) is 6.54 Å². The maximum Gasteiger partial charge on any atom is 0.132 e. The van der Waals surface area contributed by atoms with Gasteiger partial charge in [-0.1, -0.05) is 15.9 Å². The molecule has 0 fully saturated rings. The van der Waals surface area contributed by atoms with Crippen molar-refractivity contribution in [2.75, 3.05) is 14.1 Å². The molecule has 1 aromatic rings. The van der Waals surface area contributed by atoms with Crippen molar-refractivity contribution in [1.82, 2.24) is 0 Å². The molecule has 66 valence electrons. The molecule has 1 rings (SSSR count). The molecule has 0 atom stereocenters. The van der Waals surface area contributed by atoms with E-state index in [1.807, 2.05) is 20.2 Å². The van der Waals surface area contributed by atoms with Gasteiger partial charge in [-0.05, 0) is 18.2 Å². The Morgan fingerprint density at radius 1 is 1.42 bits per heavy atom. The topological polar surface area (TPSA) is 4.44 Å². The lowest BCUT2D eigenvalue weighted by atomic mass is 10.2. The molecule has 1 N–H and O–H groups in total. The summed E-state index contributed by atoms with van der Waals surface area (Å²) >= 11 is 3.31. The third kappa shape index (κ3) is 2.57. The van der Waals surface area contributed by atoms with E-state index in [4.69, 9.17) is 0 Å². The zero-order valence-corrected chi connectivity index (χ0v) is 8.78. The summed E-state index contributed by atoms with van der Waals surface area (Å²) in [6, 6.07) is 5.02. The van der Waals surface area contributed by atoms with Crippen LogP contribution in [0.25, 0.3) is 0 Å². The first-order chi connectivity index (χ1) is 5.59. The first-order valence-electron chi connectivity index (χ1n) is 3.82. The lowest BCUT2D eigenvalue weighted by Crippen LogP contribution is -3.04. The molecule has 12 heavy (non-hydrogen) atoms. The lowest BCUT2D eigenvalue weighted by molar-refractivity contribution is -0.872. The molecule has 0 heterocycles. The molecule has 0 saturated carbocycles. The van der Waals surface area contributed by atoms with Gasteiger partial charge in [0.05, 0.1) is 14.1 Å². The minimum absolute atomic E-state index is 0.126. The second-order valence-corrected chi connectivity index (χ2v) is 4.04. The Bertz CT molecular complexity index is 273. The SMILES string of the molecule is C[NH+](C)Cc1cc(Br)ccc1F. The van der Waals surface area contributed by atoms with Gasteiger partial charge < -0.3 is 4.90 Å². The summed E-state index contributed by atoms with van der Waals surface area (Å²) in [6.45, 7) is 0.714. The number of halogens is 2. The molecule has 0 aliphatic heterocycles. The van der Waals surface area contributed by atoms with E-state index in [1.54, 1.807) is 6.07 Å². The summed E-state index contributed by atoms with van der Waals surface area (Å²) < 4.78 is 14.0. The van der Waals surface area contributed by atoms with Crippen molar-refractivity contribution in [1.29, 1.82) is 0 Å². The smallest absolute Gasteiger partial charge is 0.132 e. The van der Waals surface area contributed by atoms with Gasteiger partial charge in [0.25, 0.3) is 0 Å². The van der Waals surface area contributed by atoms with Crippen molar-refractivity contribution in [3.05, 3.63) is 34.1 Å². The normalized spacial score (nSPS) is 10.8. The summed E-state index contributed by atoms with van der Waals surface area (Å²) in [5, 5.41) is 0. The summed E-state index contributed by atoms with van der Waals surface area (Å²) in [7, 11) is 4.00. The Hall–Kier alpha value is -0.410. The predicted molar refractivity (Wildman–Crippen MR) is 50.6 cm³/mol. The summed E-state index contributed by atoms with van der Waals surface area (Å²) in [6.07, 6.45) is 0. The highest BCUT2D eigenvalue weighted by Gasteiger charge is 2.05. The van der Waals surface area contributed by atoms with Crippen molar-refractivity contribution in [2.24, 2.45) is 0 Å². The number of hydrogen-bond acceptors (Lipinski definition) is 0. The van der Waals surface area contributed by atoms with Gasteiger partial charge in [0.15, 0.2) is 0 Å². The zero-order valence-electron chi connectivity index (χ0n) is 7.20. The largest absolute Gasteiger partial charge is 0.336 e. The van der Waals surface area contributed by atoms with Crippen LogP contribution in [0.2, 0.25) is 0 Å². The number of rotatable bonds is 2. The monoisotopic (exact) mass is 232 g/mol. The molecular formula is C9H12BrFN+. The fraction of sp³-hybridized carbons (Fsp3) is 0.333. The second-order valence-electron chi connectivity index (χ2n) is 3.12. The predicted octanol–water partition coefficient (Wildman–Crippen LogP) is 1.23. The van der Waals surface area contributed by atoms with Gasteiger partial charge in [-0.2, -0.15) is 0 Å². The molecule has 0 amide bonds. The Labute approximate surface area is 80.3 Å². The molecule has 1 nitrogen and oxygen atoms in total. The van der Waals surface area contributed by atoms with Crippen LogP contribution in [0.1, 0.15) is 5.56 Å². The van der Waals surface area contributed by atoms with E-state index >= 15 is 0 Å². The molecule has 1 aromatic carbocycles. The van der Waals surface area contributed by atoms with Crippen LogP contribution in [0, 0.1) is 5.82 Å². The first-order valence-corrected chi connectivity index (χ1v) is 4.62. The standard InChI is InChI=1S/C9H11BrFN/c1-12(2)6-7-5-8(10)3-4-9(7)11/h3-5H,6H2,1-2H3/p+1. The Morgan fingerprint density at radius 2 is 2.08 bits per heavy atom. The van der Waals surface area contributed by atoms with E-state index in [1.165, 1.54) is 11.0 Å². The Balaban J connectivity index is 2.90. The van der Waals surface area contributed by atoms with Crippen molar-refractivity contribution < 1.29 is 9.29 Å². The summed E-state index contributed by atoms with van der Waals surface area (Å²) in [5.41, 5.74) is 0.754. The summed E-state index contributed by atoms with van der Waals surface area (Å²) in [5.74, 6) is -0.126. The van der Waals surface area contributed by atoms with Crippen molar-refractivity contribution in [3.8, 4) is 0 Å². The number of nitrogens with one attached hydrogen (secondary N) is 1. The fourth-order valence-electron chi connectivity index (χ4n) is 1.06.